The molecule has 0 aliphatic carbocycles. The van der Waals surface area contributed by atoms with Gasteiger partial charge in [-0.1, -0.05) is 12.1 Å². The molecule has 0 bridgehead atoms. The molecule has 21 heavy (non-hydrogen) atoms. The number of rotatable bonds is 2. The van der Waals surface area contributed by atoms with Gasteiger partial charge in [-0.2, -0.15) is 13.2 Å². The summed E-state index contributed by atoms with van der Waals surface area (Å²) in [6.07, 6.45) is -3.90. The quantitative estimate of drug-likeness (QED) is 0.909. The lowest BCUT2D eigenvalue weighted by Gasteiger charge is -2.37. The number of nitrogens with two attached hydrogens (primary N) is 1. The second kappa shape index (κ2) is 5.38. The summed E-state index contributed by atoms with van der Waals surface area (Å²) in [6, 6.07) is 3.85. The van der Waals surface area contributed by atoms with Crippen molar-refractivity contribution in [2.45, 2.75) is 25.1 Å². The van der Waals surface area contributed by atoms with Gasteiger partial charge in [0, 0.05) is 13.5 Å². The fraction of sp³-hybridized carbons (Fsp3) is 0.429. The molecule has 1 heterocycles. The highest BCUT2D eigenvalue weighted by Crippen LogP contribution is 2.37. The first kappa shape index (κ1) is 15.3. The first-order valence-corrected chi connectivity index (χ1v) is 6.44. The van der Waals surface area contributed by atoms with Gasteiger partial charge in [-0.25, -0.2) is 0 Å². The zero-order valence-corrected chi connectivity index (χ0v) is 11.4. The van der Waals surface area contributed by atoms with E-state index in [1.165, 1.54) is 24.1 Å². The van der Waals surface area contributed by atoms with E-state index in [1.807, 2.05) is 0 Å². The summed E-state index contributed by atoms with van der Waals surface area (Å²) < 4.78 is 37.7. The SMILES string of the molecule is CN1C(=O)CC[C@@H](C(N)=O)[C@H]1c1ccc(C(F)(F)F)cc1. The van der Waals surface area contributed by atoms with E-state index in [2.05, 4.69) is 0 Å². The fourth-order valence-electron chi connectivity index (χ4n) is 2.66. The number of nitrogens with zero attached hydrogens (tertiary/aromatic N) is 1. The minimum absolute atomic E-state index is 0.155. The van der Waals surface area contributed by atoms with Crippen LogP contribution in [-0.2, 0) is 15.8 Å². The number of hydrogen-bond acceptors (Lipinski definition) is 2. The van der Waals surface area contributed by atoms with E-state index in [-0.39, 0.29) is 12.3 Å². The topological polar surface area (TPSA) is 63.4 Å². The van der Waals surface area contributed by atoms with Crippen molar-refractivity contribution in [2.75, 3.05) is 7.05 Å². The molecule has 1 aromatic carbocycles. The zero-order valence-electron chi connectivity index (χ0n) is 11.4. The van der Waals surface area contributed by atoms with E-state index in [0.717, 1.165) is 12.1 Å². The number of piperidine rings is 1. The summed E-state index contributed by atoms with van der Waals surface area (Å²) >= 11 is 0. The molecule has 0 saturated carbocycles. The number of alkyl halides is 3. The Morgan fingerprint density at radius 1 is 1.29 bits per heavy atom. The normalized spacial score (nSPS) is 23.2. The number of likely N-dealkylation sites (tertiary alicyclic amines) is 1. The number of primary amides is 1. The molecule has 1 aromatic rings. The molecule has 2 atom stereocenters. The maximum absolute atomic E-state index is 12.6. The molecule has 1 saturated heterocycles. The van der Waals surface area contributed by atoms with Crippen LogP contribution in [0, 0.1) is 5.92 Å². The zero-order chi connectivity index (χ0) is 15.8. The molecule has 1 aliphatic heterocycles. The molecule has 1 aliphatic rings. The lowest BCUT2D eigenvalue weighted by molar-refractivity contribution is -0.141. The summed E-state index contributed by atoms with van der Waals surface area (Å²) in [5.74, 6) is -1.30. The molecule has 7 heteroatoms. The number of amides is 2. The molecule has 2 N–H and O–H groups in total. The molecule has 2 rings (SSSR count). The summed E-state index contributed by atoms with van der Waals surface area (Å²) in [5, 5.41) is 0. The Bertz CT molecular complexity index is 554. The number of carbonyl (C=O) groups is 2. The van der Waals surface area contributed by atoms with Gasteiger partial charge in [-0.05, 0) is 24.1 Å². The highest BCUT2D eigenvalue weighted by atomic mass is 19.4. The Balaban J connectivity index is 2.36. The maximum atomic E-state index is 12.6. The molecule has 4 nitrogen and oxygen atoms in total. The summed E-state index contributed by atoms with van der Waals surface area (Å²) in [6.45, 7) is 0. The van der Waals surface area contributed by atoms with Crippen LogP contribution in [0.3, 0.4) is 0 Å². The van der Waals surface area contributed by atoms with Crippen LogP contribution in [0.1, 0.15) is 30.0 Å². The van der Waals surface area contributed by atoms with E-state index in [1.54, 1.807) is 0 Å². The van der Waals surface area contributed by atoms with Crippen LogP contribution >= 0.6 is 0 Å². The van der Waals surface area contributed by atoms with Crippen LogP contribution in [-0.4, -0.2) is 23.8 Å². The average Bonchev–Trinajstić information content (AvgIpc) is 2.40. The van der Waals surface area contributed by atoms with Crippen LogP contribution in [0.2, 0.25) is 0 Å². The van der Waals surface area contributed by atoms with Crippen LogP contribution in [0.15, 0.2) is 24.3 Å². The molecular weight excluding hydrogens is 285 g/mol. The van der Waals surface area contributed by atoms with Crippen molar-refractivity contribution >= 4 is 11.8 Å². The van der Waals surface area contributed by atoms with Crippen molar-refractivity contribution in [1.82, 2.24) is 4.90 Å². The third-order valence-corrected chi connectivity index (χ3v) is 3.81. The van der Waals surface area contributed by atoms with Crippen LogP contribution in [0.25, 0.3) is 0 Å². The summed E-state index contributed by atoms with van der Waals surface area (Å²) in [4.78, 5) is 24.7. The maximum Gasteiger partial charge on any atom is 0.416 e. The predicted octanol–water partition coefficient (Wildman–Crippen LogP) is 2.10. The van der Waals surface area contributed by atoms with Crippen molar-refractivity contribution in [3.8, 4) is 0 Å². The van der Waals surface area contributed by atoms with Gasteiger partial charge in [0.05, 0.1) is 17.5 Å². The first-order chi connectivity index (χ1) is 9.71. The van der Waals surface area contributed by atoms with Gasteiger partial charge < -0.3 is 10.6 Å². The molecular formula is C14H15F3N2O2. The molecule has 0 unspecified atom stereocenters. The molecule has 114 valence electrons. The van der Waals surface area contributed by atoms with Gasteiger partial charge in [0.1, 0.15) is 0 Å². The highest BCUT2D eigenvalue weighted by molar-refractivity contribution is 5.83. The smallest absolute Gasteiger partial charge is 0.369 e. The van der Waals surface area contributed by atoms with E-state index in [4.69, 9.17) is 5.73 Å². The monoisotopic (exact) mass is 300 g/mol. The van der Waals surface area contributed by atoms with Gasteiger partial charge >= 0.3 is 6.18 Å². The lowest BCUT2D eigenvalue weighted by Crippen LogP contribution is -2.44. The van der Waals surface area contributed by atoms with Gasteiger partial charge in [0.2, 0.25) is 11.8 Å². The largest absolute Gasteiger partial charge is 0.416 e. The average molecular weight is 300 g/mol. The number of halogens is 3. The van der Waals surface area contributed by atoms with Crippen LogP contribution < -0.4 is 5.73 Å². The number of benzene rings is 1. The van der Waals surface area contributed by atoms with Crippen molar-refractivity contribution < 1.29 is 22.8 Å². The summed E-state index contributed by atoms with van der Waals surface area (Å²) in [5.41, 5.74) is 5.05. The van der Waals surface area contributed by atoms with E-state index in [9.17, 15) is 22.8 Å². The van der Waals surface area contributed by atoms with Crippen LogP contribution in [0.5, 0.6) is 0 Å². The highest BCUT2D eigenvalue weighted by Gasteiger charge is 2.38. The second-order valence-corrected chi connectivity index (χ2v) is 5.12. The van der Waals surface area contributed by atoms with Crippen LogP contribution in [0.4, 0.5) is 13.2 Å². The first-order valence-electron chi connectivity index (χ1n) is 6.44. The summed E-state index contributed by atoms with van der Waals surface area (Å²) in [7, 11) is 1.53. The van der Waals surface area contributed by atoms with Crippen molar-refractivity contribution in [3.05, 3.63) is 35.4 Å². The second-order valence-electron chi connectivity index (χ2n) is 5.12. The third kappa shape index (κ3) is 3.01. The van der Waals surface area contributed by atoms with E-state index in [0.29, 0.717) is 12.0 Å². The molecule has 0 radical (unpaired) electrons. The van der Waals surface area contributed by atoms with Crippen molar-refractivity contribution in [3.63, 3.8) is 0 Å². The van der Waals surface area contributed by atoms with E-state index < -0.39 is 29.6 Å². The number of carbonyl (C=O) groups excluding carboxylic acids is 2. The Morgan fingerprint density at radius 2 is 1.86 bits per heavy atom. The molecule has 2 amide bonds. The van der Waals surface area contributed by atoms with Crippen molar-refractivity contribution in [2.24, 2.45) is 11.7 Å². The minimum Gasteiger partial charge on any atom is -0.369 e. The molecule has 1 fully saturated rings. The Kier molecular flexibility index (Phi) is 3.93. The van der Waals surface area contributed by atoms with Gasteiger partial charge in [0.25, 0.3) is 0 Å². The van der Waals surface area contributed by atoms with E-state index >= 15 is 0 Å². The fourth-order valence-corrected chi connectivity index (χ4v) is 2.66. The molecule has 0 aromatic heterocycles. The number of hydrogen-bond donors (Lipinski definition) is 1. The minimum atomic E-state index is -4.42. The molecule has 0 spiro atoms. The van der Waals surface area contributed by atoms with Crippen molar-refractivity contribution in [1.29, 1.82) is 0 Å². The van der Waals surface area contributed by atoms with Gasteiger partial charge in [0.15, 0.2) is 0 Å². The van der Waals surface area contributed by atoms with Gasteiger partial charge in [-0.3, -0.25) is 9.59 Å². The lowest BCUT2D eigenvalue weighted by atomic mass is 9.84. The predicted molar refractivity (Wildman–Crippen MR) is 68.9 cm³/mol. The Morgan fingerprint density at radius 3 is 2.33 bits per heavy atom. The standard InChI is InChI=1S/C14H15F3N2O2/c1-19-11(20)7-6-10(13(18)21)12(19)8-2-4-9(5-3-8)14(15,16)17/h2-5,10,12H,6-7H2,1H3,(H2,18,21)/t10-,12-/m1/s1. The van der Waals surface area contributed by atoms with Gasteiger partial charge in [-0.15, -0.1) is 0 Å². The third-order valence-electron chi connectivity index (χ3n) is 3.81. The Labute approximate surface area is 119 Å². The Hall–Kier alpha value is -2.05.